The molecule has 1 unspecified atom stereocenters. The number of nitrogens with two attached hydrogens (primary N) is 1. The Hall–Kier alpha value is -1.92. The van der Waals surface area contributed by atoms with Crippen LogP contribution in [0.4, 0.5) is 0 Å². The minimum atomic E-state index is -3.20. The van der Waals surface area contributed by atoms with Crippen molar-refractivity contribution in [1.29, 1.82) is 0 Å². The van der Waals surface area contributed by atoms with Gasteiger partial charge in [0.15, 0.2) is 9.84 Å². The third-order valence-corrected chi connectivity index (χ3v) is 3.99. The molecule has 0 saturated heterocycles. The first-order chi connectivity index (χ1) is 9.86. The number of rotatable bonds is 5. The molecule has 0 amide bonds. The lowest BCUT2D eigenvalue weighted by molar-refractivity contribution is 0.453. The summed E-state index contributed by atoms with van der Waals surface area (Å²) in [6.45, 7) is 1.91. The number of hydrogen-bond donors (Lipinski definition) is 1. The predicted octanol–water partition coefficient (Wildman–Crippen LogP) is 2.17. The number of aromatic nitrogens is 1. The minimum Gasteiger partial charge on any atom is -0.439 e. The van der Waals surface area contributed by atoms with E-state index in [1.807, 2.05) is 19.1 Å². The number of sulfone groups is 1. The van der Waals surface area contributed by atoms with E-state index >= 15 is 0 Å². The van der Waals surface area contributed by atoms with Gasteiger partial charge in [0.1, 0.15) is 5.75 Å². The lowest BCUT2D eigenvalue weighted by Gasteiger charge is -2.11. The Morgan fingerprint density at radius 1 is 1.24 bits per heavy atom. The quantitative estimate of drug-likeness (QED) is 0.915. The summed E-state index contributed by atoms with van der Waals surface area (Å²) in [6, 6.07) is 10.00. The van der Waals surface area contributed by atoms with Crippen molar-refractivity contribution in [1.82, 2.24) is 4.98 Å². The van der Waals surface area contributed by atoms with Gasteiger partial charge in [0, 0.05) is 24.1 Å². The van der Waals surface area contributed by atoms with E-state index in [0.29, 0.717) is 18.1 Å². The summed E-state index contributed by atoms with van der Waals surface area (Å²) >= 11 is 0. The fourth-order valence-corrected chi connectivity index (χ4v) is 2.52. The maximum atomic E-state index is 11.4. The Morgan fingerprint density at radius 3 is 2.48 bits per heavy atom. The van der Waals surface area contributed by atoms with Crippen molar-refractivity contribution < 1.29 is 13.2 Å². The van der Waals surface area contributed by atoms with Crippen molar-refractivity contribution in [2.75, 3.05) is 6.26 Å². The maximum Gasteiger partial charge on any atom is 0.222 e. The van der Waals surface area contributed by atoms with E-state index in [9.17, 15) is 8.42 Å². The summed E-state index contributed by atoms with van der Waals surface area (Å²) in [5.41, 5.74) is 6.72. The molecule has 2 N–H and O–H groups in total. The van der Waals surface area contributed by atoms with Crippen LogP contribution in [0.15, 0.2) is 47.5 Å². The second kappa shape index (κ2) is 6.24. The van der Waals surface area contributed by atoms with Crippen molar-refractivity contribution in [2.24, 2.45) is 5.73 Å². The van der Waals surface area contributed by atoms with Crippen LogP contribution in [0.2, 0.25) is 0 Å². The van der Waals surface area contributed by atoms with E-state index in [-0.39, 0.29) is 10.9 Å². The van der Waals surface area contributed by atoms with Gasteiger partial charge in [-0.25, -0.2) is 13.4 Å². The lowest BCUT2D eigenvalue weighted by atomic mass is 10.1. The Morgan fingerprint density at radius 2 is 1.90 bits per heavy atom. The second-order valence-electron chi connectivity index (χ2n) is 4.99. The molecule has 1 heterocycles. The Balaban J connectivity index is 2.22. The first-order valence-corrected chi connectivity index (χ1v) is 8.43. The molecule has 0 aliphatic rings. The molecule has 0 aliphatic heterocycles. The molecule has 6 heteroatoms. The molecule has 2 rings (SSSR count). The average molecular weight is 306 g/mol. The van der Waals surface area contributed by atoms with Gasteiger partial charge in [0.05, 0.1) is 4.90 Å². The van der Waals surface area contributed by atoms with Crippen LogP contribution in [-0.4, -0.2) is 25.7 Å². The summed E-state index contributed by atoms with van der Waals surface area (Å²) in [4.78, 5) is 4.46. The average Bonchev–Trinajstić information content (AvgIpc) is 2.40. The van der Waals surface area contributed by atoms with Gasteiger partial charge in [-0.3, -0.25) is 0 Å². The van der Waals surface area contributed by atoms with Crippen LogP contribution in [0, 0.1) is 0 Å². The van der Waals surface area contributed by atoms with E-state index in [1.165, 1.54) is 18.4 Å². The highest BCUT2D eigenvalue weighted by molar-refractivity contribution is 7.90. The molecule has 0 aliphatic carbocycles. The summed E-state index contributed by atoms with van der Waals surface area (Å²) in [5.74, 6) is 1.02. The molecular formula is C15H18N2O3S. The summed E-state index contributed by atoms with van der Waals surface area (Å²) in [6.07, 6.45) is 3.47. The topological polar surface area (TPSA) is 82.3 Å². The number of pyridine rings is 1. The first-order valence-electron chi connectivity index (χ1n) is 6.53. The fraction of sp³-hybridized carbons (Fsp3) is 0.267. The van der Waals surface area contributed by atoms with E-state index in [1.54, 1.807) is 18.3 Å². The molecule has 5 nitrogen and oxygen atoms in total. The van der Waals surface area contributed by atoms with Gasteiger partial charge in [-0.05, 0) is 43.7 Å². The zero-order valence-electron chi connectivity index (χ0n) is 12.0. The maximum absolute atomic E-state index is 11.4. The normalized spacial score (nSPS) is 12.9. The van der Waals surface area contributed by atoms with E-state index in [4.69, 9.17) is 10.5 Å². The zero-order valence-corrected chi connectivity index (χ0v) is 12.8. The van der Waals surface area contributed by atoms with Gasteiger partial charge in [0.25, 0.3) is 0 Å². The third-order valence-electron chi connectivity index (χ3n) is 2.86. The van der Waals surface area contributed by atoms with Crippen LogP contribution in [0.1, 0.15) is 12.5 Å². The first kappa shape index (κ1) is 15.5. The molecule has 0 bridgehead atoms. The van der Waals surface area contributed by atoms with Crippen molar-refractivity contribution in [2.45, 2.75) is 24.3 Å². The number of benzene rings is 1. The predicted molar refractivity (Wildman–Crippen MR) is 81.2 cm³/mol. The fourth-order valence-electron chi connectivity index (χ4n) is 1.88. The molecule has 2 aromatic rings. The monoisotopic (exact) mass is 306 g/mol. The van der Waals surface area contributed by atoms with E-state index < -0.39 is 9.84 Å². The smallest absolute Gasteiger partial charge is 0.222 e. The van der Waals surface area contributed by atoms with Crippen LogP contribution in [0.5, 0.6) is 11.6 Å². The van der Waals surface area contributed by atoms with Crippen molar-refractivity contribution >= 4 is 9.84 Å². The number of hydrogen-bond acceptors (Lipinski definition) is 5. The van der Waals surface area contributed by atoms with Gasteiger partial charge < -0.3 is 10.5 Å². The third kappa shape index (κ3) is 4.27. The Kier molecular flexibility index (Phi) is 4.59. The van der Waals surface area contributed by atoms with E-state index in [2.05, 4.69) is 4.98 Å². The minimum absolute atomic E-state index is 0.00385. The van der Waals surface area contributed by atoms with Crippen LogP contribution in [0.25, 0.3) is 0 Å². The van der Waals surface area contributed by atoms with Gasteiger partial charge in [-0.2, -0.15) is 0 Å². The SMILES string of the molecule is CC(N)Cc1cccnc1Oc1ccc(S(C)(=O)=O)cc1. The second-order valence-corrected chi connectivity index (χ2v) is 7.01. The van der Waals surface area contributed by atoms with Crippen molar-refractivity contribution in [3.63, 3.8) is 0 Å². The molecule has 21 heavy (non-hydrogen) atoms. The van der Waals surface area contributed by atoms with Gasteiger partial charge in [0.2, 0.25) is 5.88 Å². The molecule has 1 atom stereocenters. The van der Waals surface area contributed by atoms with E-state index in [0.717, 1.165) is 5.56 Å². The largest absolute Gasteiger partial charge is 0.439 e. The van der Waals surface area contributed by atoms with Crippen molar-refractivity contribution in [3.05, 3.63) is 48.2 Å². The van der Waals surface area contributed by atoms with Crippen LogP contribution in [-0.2, 0) is 16.3 Å². The highest BCUT2D eigenvalue weighted by Crippen LogP contribution is 2.24. The standard InChI is InChI=1S/C15H18N2O3S/c1-11(16)10-12-4-3-9-17-15(12)20-13-5-7-14(8-6-13)21(2,18)19/h3-9,11H,10,16H2,1-2H3. The van der Waals surface area contributed by atoms with Gasteiger partial charge in [-0.1, -0.05) is 6.07 Å². The molecule has 0 saturated carbocycles. The molecular weight excluding hydrogens is 288 g/mol. The lowest BCUT2D eigenvalue weighted by Crippen LogP contribution is -2.18. The van der Waals surface area contributed by atoms with Gasteiger partial charge in [-0.15, -0.1) is 0 Å². The number of ether oxygens (including phenoxy) is 1. The Bertz CT molecular complexity index is 710. The molecule has 112 valence electrons. The van der Waals surface area contributed by atoms with Crippen LogP contribution < -0.4 is 10.5 Å². The molecule has 1 aromatic heterocycles. The van der Waals surface area contributed by atoms with Crippen LogP contribution in [0.3, 0.4) is 0 Å². The highest BCUT2D eigenvalue weighted by Gasteiger charge is 2.10. The summed E-state index contributed by atoms with van der Waals surface area (Å²) < 4.78 is 28.5. The molecule has 0 fully saturated rings. The summed E-state index contributed by atoms with van der Waals surface area (Å²) in [5, 5.41) is 0. The Labute approximate surface area is 124 Å². The van der Waals surface area contributed by atoms with Crippen molar-refractivity contribution in [3.8, 4) is 11.6 Å². The summed E-state index contributed by atoms with van der Waals surface area (Å²) in [7, 11) is -3.20. The molecule has 0 radical (unpaired) electrons. The molecule has 0 spiro atoms. The molecule has 1 aromatic carbocycles. The number of nitrogens with zero attached hydrogens (tertiary/aromatic N) is 1. The highest BCUT2D eigenvalue weighted by atomic mass is 32.2. The van der Waals surface area contributed by atoms with Crippen LogP contribution >= 0.6 is 0 Å². The zero-order chi connectivity index (χ0) is 15.5. The van der Waals surface area contributed by atoms with Gasteiger partial charge >= 0.3 is 0 Å².